The molecule has 0 aliphatic carbocycles. The predicted octanol–water partition coefficient (Wildman–Crippen LogP) is 9.34. The lowest BCUT2D eigenvalue weighted by atomic mass is 10.1. The molecule has 0 saturated carbocycles. The van der Waals surface area contributed by atoms with Crippen molar-refractivity contribution in [1.29, 1.82) is 0 Å². The average Bonchev–Trinajstić information content (AvgIpc) is 2.92. The molecule has 0 aliphatic rings. The summed E-state index contributed by atoms with van der Waals surface area (Å²) in [6.07, 6.45) is -5.81. The van der Waals surface area contributed by atoms with Crippen molar-refractivity contribution < 1.29 is 50.2 Å². The zero-order valence-corrected chi connectivity index (χ0v) is 24.7. The zero-order chi connectivity index (χ0) is 32.5. The highest BCUT2D eigenvalue weighted by Gasteiger charge is 2.42. The topological polar surface area (TPSA) is 95.5 Å². The lowest BCUT2D eigenvalue weighted by Gasteiger charge is -2.18. The summed E-state index contributed by atoms with van der Waals surface area (Å²) in [5.41, 5.74) is -5.86. The second-order valence-corrected chi connectivity index (χ2v) is 11.1. The Labute approximate surface area is 261 Å². The van der Waals surface area contributed by atoms with Gasteiger partial charge in [0, 0.05) is 10.6 Å². The molecule has 3 aromatic carbocycles. The third-order valence-corrected chi connectivity index (χ3v) is 8.70. The van der Waals surface area contributed by atoms with Gasteiger partial charge in [-0.3, -0.25) is 9.59 Å². The van der Waals surface area contributed by atoms with E-state index in [1.165, 1.54) is 31.2 Å². The Morgan fingerprint density at radius 1 is 0.860 bits per heavy atom. The minimum absolute atomic E-state index is 0.0313. The van der Waals surface area contributed by atoms with E-state index in [2.05, 4.69) is 5.32 Å². The van der Waals surface area contributed by atoms with Gasteiger partial charge in [-0.15, -0.1) is 11.8 Å². The van der Waals surface area contributed by atoms with E-state index in [1.54, 1.807) is 5.32 Å². The third kappa shape index (κ3) is 7.09. The minimum atomic E-state index is -5.76. The van der Waals surface area contributed by atoms with E-state index < -0.39 is 89.9 Å². The monoisotopic (exact) mass is 710 g/mol. The molecule has 0 saturated heterocycles. The van der Waals surface area contributed by atoms with Gasteiger partial charge in [0.1, 0.15) is 11.3 Å². The number of thioether (sulfide) groups is 1. The number of alkyl halides is 3. The minimum Gasteiger partial charge on any atom is -0.478 e. The summed E-state index contributed by atoms with van der Waals surface area (Å²) in [5.74, 6) is -14.3. The fourth-order valence-electron chi connectivity index (χ4n) is 3.57. The molecule has 3 aromatic rings. The second-order valence-electron chi connectivity index (χ2n) is 8.30. The second kappa shape index (κ2) is 13.4. The molecule has 1 atom stereocenters. The van der Waals surface area contributed by atoms with Gasteiger partial charge in [-0.25, -0.2) is 22.4 Å². The molecule has 0 aliphatic heterocycles. The number of amides is 2. The molecule has 43 heavy (non-hydrogen) atoms. The summed E-state index contributed by atoms with van der Waals surface area (Å²) in [7, 11) is 0. The van der Waals surface area contributed by atoms with Gasteiger partial charge >= 0.3 is 12.1 Å². The average molecular weight is 712 g/mol. The number of nitrogens with one attached hydrogen (secondary N) is 2. The summed E-state index contributed by atoms with van der Waals surface area (Å²) >= 11 is 24.6. The Morgan fingerprint density at radius 2 is 1.40 bits per heavy atom. The van der Waals surface area contributed by atoms with Gasteiger partial charge in [-0.05, 0) is 24.6 Å². The van der Waals surface area contributed by atoms with Crippen LogP contribution in [0.1, 0.15) is 39.6 Å². The Morgan fingerprint density at radius 3 is 1.88 bits per heavy atom. The van der Waals surface area contributed by atoms with Crippen molar-refractivity contribution in [3.8, 4) is 0 Å². The molecular weight excluding hydrogens is 699 g/mol. The van der Waals surface area contributed by atoms with E-state index in [0.29, 0.717) is 0 Å². The van der Waals surface area contributed by atoms with Gasteiger partial charge in [-0.1, -0.05) is 59.4 Å². The lowest BCUT2D eigenvalue weighted by molar-refractivity contribution is -0.143. The Bertz CT molecular complexity index is 1630. The number of benzene rings is 3. The maximum atomic E-state index is 14.3. The van der Waals surface area contributed by atoms with Crippen LogP contribution in [0.5, 0.6) is 0 Å². The zero-order valence-electron chi connectivity index (χ0n) is 20.8. The molecule has 6 nitrogen and oxygen atoms in total. The first-order chi connectivity index (χ1) is 19.9. The molecule has 0 bridgehead atoms. The molecule has 2 amide bonds. The highest BCUT2D eigenvalue weighted by molar-refractivity contribution is 8.00. The van der Waals surface area contributed by atoms with Crippen molar-refractivity contribution in [3.63, 3.8) is 0 Å². The van der Waals surface area contributed by atoms with Crippen molar-refractivity contribution in [3.05, 3.63) is 84.3 Å². The first kappa shape index (κ1) is 34.6. The van der Waals surface area contributed by atoms with E-state index in [4.69, 9.17) is 46.4 Å². The number of hydrogen-bond acceptors (Lipinski definition) is 4. The number of carbonyl (C=O) groups is 3. The highest BCUT2D eigenvalue weighted by atomic mass is 35.5. The number of carbonyl (C=O) groups excluding carboxylic acids is 2. The van der Waals surface area contributed by atoms with Crippen molar-refractivity contribution >= 4 is 87.3 Å². The van der Waals surface area contributed by atoms with Gasteiger partial charge in [0.15, 0.2) is 23.3 Å². The molecule has 3 rings (SSSR count). The van der Waals surface area contributed by atoms with Gasteiger partial charge in [-0.2, -0.15) is 13.2 Å². The summed E-state index contributed by atoms with van der Waals surface area (Å²) in [6.45, 7) is 1.45. The fraction of sp³-hybridized carbons (Fsp3) is 0.160. The largest absolute Gasteiger partial charge is 0.478 e. The molecule has 18 heteroatoms. The summed E-state index contributed by atoms with van der Waals surface area (Å²) in [5, 5.41) is 10.4. The van der Waals surface area contributed by atoms with Crippen LogP contribution in [-0.2, 0) is 11.0 Å². The molecule has 0 aromatic heterocycles. The third-order valence-electron chi connectivity index (χ3n) is 5.54. The van der Waals surface area contributed by atoms with Crippen LogP contribution in [0, 0.1) is 23.3 Å². The molecule has 0 spiro atoms. The Balaban J connectivity index is 1.87. The summed E-state index contributed by atoms with van der Waals surface area (Å²) in [4.78, 5) is 37.7. The SMILES string of the molecule is CCC(Sc1cccc(NC(=O)c2c(Cl)c(Cl)c(Cl)c(Cl)c2C(=O)O)c1)C(=O)Nc1c(F)c(F)c(C(F)(F)F)c(F)c1F. The van der Waals surface area contributed by atoms with E-state index in [9.17, 15) is 50.2 Å². The van der Waals surface area contributed by atoms with Crippen LogP contribution in [0.3, 0.4) is 0 Å². The molecule has 230 valence electrons. The maximum absolute atomic E-state index is 14.3. The van der Waals surface area contributed by atoms with Gasteiger partial charge in [0.25, 0.3) is 5.91 Å². The first-order valence-corrected chi connectivity index (χ1v) is 13.7. The van der Waals surface area contributed by atoms with Crippen LogP contribution >= 0.6 is 58.2 Å². The molecular formula is C25H13Cl4F7N2O4S. The van der Waals surface area contributed by atoms with E-state index in [1.807, 2.05) is 0 Å². The molecule has 0 fully saturated rings. The predicted molar refractivity (Wildman–Crippen MR) is 148 cm³/mol. The molecule has 1 unspecified atom stereocenters. The van der Waals surface area contributed by atoms with Gasteiger partial charge < -0.3 is 15.7 Å². The van der Waals surface area contributed by atoms with E-state index >= 15 is 0 Å². The van der Waals surface area contributed by atoms with Crippen molar-refractivity contribution in [1.82, 2.24) is 0 Å². The number of carboxylic acid groups (broad SMARTS) is 1. The van der Waals surface area contributed by atoms with Gasteiger partial charge in [0.2, 0.25) is 5.91 Å². The lowest BCUT2D eigenvalue weighted by Crippen LogP contribution is -2.27. The van der Waals surface area contributed by atoms with Crippen LogP contribution in [0.25, 0.3) is 0 Å². The standard InChI is InChI=1S/C25H13Cl4F7N2O4S/c1-2-9(22(39)38-21-19(32)17(30)12(25(34,35)36)18(31)20(21)33)43-8-5-3-4-7(6-8)37-23(40)10-11(24(41)42)14(27)16(29)15(28)13(10)26/h3-6,9H,2H2,1H3,(H,37,40)(H,38,39)(H,41,42). The van der Waals surface area contributed by atoms with Crippen LogP contribution in [0.15, 0.2) is 29.2 Å². The molecule has 0 radical (unpaired) electrons. The van der Waals surface area contributed by atoms with Crippen molar-refractivity contribution in [2.75, 3.05) is 10.6 Å². The first-order valence-electron chi connectivity index (χ1n) is 11.3. The van der Waals surface area contributed by atoms with E-state index in [-0.39, 0.29) is 22.0 Å². The quantitative estimate of drug-likeness (QED) is 0.0937. The fourth-order valence-corrected chi connectivity index (χ4v) is 5.60. The maximum Gasteiger partial charge on any atom is 0.422 e. The smallest absolute Gasteiger partial charge is 0.422 e. The number of hydrogen-bond donors (Lipinski definition) is 3. The highest BCUT2D eigenvalue weighted by Crippen LogP contribution is 2.42. The van der Waals surface area contributed by atoms with Crippen molar-refractivity contribution in [2.45, 2.75) is 29.7 Å². The van der Waals surface area contributed by atoms with Crippen LogP contribution in [-0.4, -0.2) is 28.1 Å². The normalized spacial score (nSPS) is 12.2. The number of aromatic carboxylic acids is 1. The number of rotatable bonds is 8. The van der Waals surface area contributed by atoms with Crippen LogP contribution < -0.4 is 10.6 Å². The number of anilines is 2. The number of carboxylic acids is 1. The summed E-state index contributed by atoms with van der Waals surface area (Å²) < 4.78 is 95.0. The van der Waals surface area contributed by atoms with Crippen LogP contribution in [0.4, 0.5) is 42.1 Å². The van der Waals surface area contributed by atoms with Crippen molar-refractivity contribution in [2.24, 2.45) is 0 Å². The molecule has 0 heterocycles. The van der Waals surface area contributed by atoms with Crippen LogP contribution in [0.2, 0.25) is 20.1 Å². The number of halogens is 11. The summed E-state index contributed by atoms with van der Waals surface area (Å²) in [6, 6.07) is 5.48. The Kier molecular flexibility index (Phi) is 10.8. The Hall–Kier alpha value is -2.91. The van der Waals surface area contributed by atoms with E-state index in [0.717, 1.165) is 11.8 Å². The molecule has 3 N–H and O–H groups in total. The van der Waals surface area contributed by atoms with Gasteiger partial charge in [0.05, 0.1) is 36.5 Å².